The third-order valence-corrected chi connectivity index (χ3v) is 8.12. The summed E-state index contributed by atoms with van der Waals surface area (Å²) in [6.07, 6.45) is 8.33. The molecule has 8 heteroatoms. The van der Waals surface area contributed by atoms with E-state index < -0.39 is 0 Å². The molecule has 2 aliphatic carbocycles. The van der Waals surface area contributed by atoms with Crippen LogP contribution >= 0.6 is 0 Å². The molecule has 33 heavy (non-hydrogen) atoms. The minimum Gasteiger partial charge on any atom is -0.459 e. The van der Waals surface area contributed by atoms with Crippen molar-refractivity contribution in [1.29, 1.82) is 0 Å². The van der Waals surface area contributed by atoms with Gasteiger partial charge in [0, 0.05) is 38.5 Å². The molecule has 0 bridgehead atoms. The molecule has 1 aromatic rings. The largest absolute Gasteiger partial charge is 0.459 e. The number of carbonyl (C=O) groups is 3. The van der Waals surface area contributed by atoms with Crippen molar-refractivity contribution >= 4 is 17.7 Å². The predicted molar refractivity (Wildman–Crippen MR) is 124 cm³/mol. The van der Waals surface area contributed by atoms with Gasteiger partial charge in [-0.25, -0.2) is 0 Å². The van der Waals surface area contributed by atoms with E-state index in [1.54, 1.807) is 19.1 Å². The maximum absolute atomic E-state index is 13.3. The van der Waals surface area contributed by atoms with E-state index in [1.165, 1.54) is 6.26 Å². The Kier molecular flexibility index (Phi) is 7.41. The molecule has 3 amide bonds. The molecule has 0 spiro atoms. The zero-order valence-electron chi connectivity index (χ0n) is 19.9. The Labute approximate surface area is 196 Å². The van der Waals surface area contributed by atoms with E-state index in [-0.39, 0.29) is 41.8 Å². The number of amides is 3. The molecular weight excluding hydrogens is 420 g/mol. The minimum absolute atomic E-state index is 0.00651. The van der Waals surface area contributed by atoms with Gasteiger partial charge in [-0.2, -0.15) is 0 Å². The van der Waals surface area contributed by atoms with Crippen LogP contribution in [0.2, 0.25) is 0 Å². The topological polar surface area (TPSA) is 109 Å². The third kappa shape index (κ3) is 4.95. The van der Waals surface area contributed by atoms with Crippen LogP contribution in [-0.2, 0) is 9.59 Å². The van der Waals surface area contributed by atoms with Gasteiger partial charge in [0.25, 0.3) is 5.91 Å². The van der Waals surface area contributed by atoms with E-state index >= 15 is 0 Å². The lowest BCUT2D eigenvalue weighted by Crippen LogP contribution is -2.67. The zero-order chi connectivity index (χ0) is 23.5. The average Bonchev–Trinajstić information content (AvgIpc) is 3.36. The monoisotopic (exact) mass is 458 g/mol. The Bertz CT molecular complexity index is 833. The van der Waals surface area contributed by atoms with Gasteiger partial charge < -0.3 is 25.3 Å². The maximum Gasteiger partial charge on any atom is 0.289 e. The first-order valence-electron chi connectivity index (χ1n) is 12.5. The van der Waals surface area contributed by atoms with Crippen molar-refractivity contribution in [1.82, 2.24) is 15.1 Å². The summed E-state index contributed by atoms with van der Waals surface area (Å²) in [5.41, 5.74) is 5.51. The quantitative estimate of drug-likeness (QED) is 0.704. The second-order valence-electron chi connectivity index (χ2n) is 10.1. The number of rotatable bonds is 5. The van der Waals surface area contributed by atoms with E-state index in [4.69, 9.17) is 10.2 Å². The fourth-order valence-corrected chi connectivity index (χ4v) is 6.60. The molecule has 8 nitrogen and oxygen atoms in total. The van der Waals surface area contributed by atoms with Crippen molar-refractivity contribution in [3.05, 3.63) is 24.2 Å². The summed E-state index contributed by atoms with van der Waals surface area (Å²) in [6, 6.07) is 3.51. The summed E-state index contributed by atoms with van der Waals surface area (Å²) in [7, 11) is 0. The Balaban J connectivity index is 1.45. The second kappa shape index (κ2) is 10.3. The van der Waals surface area contributed by atoms with Crippen molar-refractivity contribution < 1.29 is 18.8 Å². The van der Waals surface area contributed by atoms with Gasteiger partial charge in [0.1, 0.15) is 0 Å². The molecule has 1 aromatic heterocycles. The van der Waals surface area contributed by atoms with E-state index in [0.717, 1.165) is 44.9 Å². The van der Waals surface area contributed by atoms with Crippen molar-refractivity contribution in [3.8, 4) is 0 Å². The van der Waals surface area contributed by atoms with Crippen molar-refractivity contribution in [2.45, 2.75) is 76.9 Å². The third-order valence-electron chi connectivity index (χ3n) is 8.12. The molecule has 182 valence electrons. The van der Waals surface area contributed by atoms with Crippen LogP contribution in [0.5, 0.6) is 0 Å². The highest BCUT2D eigenvalue weighted by Gasteiger charge is 2.48. The fourth-order valence-electron chi connectivity index (χ4n) is 6.60. The number of nitrogens with one attached hydrogen (secondary N) is 1. The molecule has 2 saturated carbocycles. The van der Waals surface area contributed by atoms with E-state index in [0.29, 0.717) is 37.2 Å². The predicted octanol–water partition coefficient (Wildman–Crippen LogP) is 2.39. The lowest BCUT2D eigenvalue weighted by Gasteiger charge is -2.54. The number of nitrogens with zero attached hydrogens (tertiary/aromatic N) is 2. The summed E-state index contributed by atoms with van der Waals surface area (Å²) in [5, 5.41) is 2.93. The molecular formula is C25H38N4O4. The number of furan rings is 1. The SMILES string of the molecule is CC(=O)N1C2CCC(C3CCC(C(=O)NCCN)CC3)CC2N(C(=O)c2ccco2)C[C@@H]1C. The van der Waals surface area contributed by atoms with E-state index in [2.05, 4.69) is 5.32 Å². The van der Waals surface area contributed by atoms with Crippen molar-refractivity contribution in [2.24, 2.45) is 23.5 Å². The highest BCUT2D eigenvalue weighted by atomic mass is 16.3. The number of nitrogens with two attached hydrogens (primary N) is 1. The van der Waals surface area contributed by atoms with Crippen LogP contribution in [0.4, 0.5) is 0 Å². The minimum atomic E-state index is -0.0778. The summed E-state index contributed by atoms with van der Waals surface area (Å²) >= 11 is 0. The van der Waals surface area contributed by atoms with Gasteiger partial charge in [-0.3, -0.25) is 14.4 Å². The van der Waals surface area contributed by atoms with E-state index in [1.807, 2.05) is 16.7 Å². The molecule has 0 aromatic carbocycles. The molecule has 1 saturated heterocycles. The molecule has 3 fully saturated rings. The fraction of sp³-hybridized carbons (Fsp3) is 0.720. The maximum atomic E-state index is 13.3. The van der Waals surface area contributed by atoms with Crippen LogP contribution in [0.1, 0.15) is 69.3 Å². The van der Waals surface area contributed by atoms with Gasteiger partial charge in [0.05, 0.1) is 18.3 Å². The van der Waals surface area contributed by atoms with Crippen LogP contribution in [0.3, 0.4) is 0 Å². The summed E-state index contributed by atoms with van der Waals surface area (Å²) in [5.74, 6) is 1.67. The first-order valence-corrected chi connectivity index (χ1v) is 12.5. The number of piperazine rings is 1. The molecule has 0 radical (unpaired) electrons. The van der Waals surface area contributed by atoms with Crippen LogP contribution < -0.4 is 11.1 Å². The highest BCUT2D eigenvalue weighted by Crippen LogP contribution is 2.44. The first kappa shape index (κ1) is 23.8. The Morgan fingerprint density at radius 1 is 1.09 bits per heavy atom. The molecule has 4 rings (SSSR count). The standard InChI is InChI=1S/C25H38N4O4/c1-16-15-28(25(32)23-4-3-13-33-23)22-14-20(9-10-21(22)29(16)17(2)30)18-5-7-19(8-6-18)24(31)27-12-11-26/h3-4,13,16,18-22H,5-12,14-15,26H2,1-2H3,(H,27,31)/t16-,18?,19?,20?,21?,22?/m0/s1. The molecule has 3 unspecified atom stereocenters. The van der Waals surface area contributed by atoms with Crippen LogP contribution in [0, 0.1) is 17.8 Å². The van der Waals surface area contributed by atoms with Gasteiger partial charge in [-0.05, 0) is 75.8 Å². The average molecular weight is 459 g/mol. The van der Waals surface area contributed by atoms with Gasteiger partial charge in [0.15, 0.2) is 5.76 Å². The highest BCUT2D eigenvalue weighted by molar-refractivity contribution is 5.92. The van der Waals surface area contributed by atoms with Crippen molar-refractivity contribution in [3.63, 3.8) is 0 Å². The van der Waals surface area contributed by atoms with Gasteiger partial charge in [-0.1, -0.05) is 0 Å². The summed E-state index contributed by atoms with van der Waals surface area (Å²) in [4.78, 5) is 42.1. The summed E-state index contributed by atoms with van der Waals surface area (Å²) in [6.45, 7) is 5.20. The van der Waals surface area contributed by atoms with E-state index in [9.17, 15) is 14.4 Å². The number of carbonyl (C=O) groups excluding carboxylic acids is 3. The lowest BCUT2D eigenvalue weighted by atomic mass is 9.68. The molecule has 3 N–H and O–H groups in total. The first-order chi connectivity index (χ1) is 15.9. The lowest BCUT2D eigenvalue weighted by molar-refractivity contribution is -0.142. The van der Waals surface area contributed by atoms with Gasteiger partial charge >= 0.3 is 0 Å². The van der Waals surface area contributed by atoms with Crippen molar-refractivity contribution in [2.75, 3.05) is 19.6 Å². The van der Waals surface area contributed by atoms with Gasteiger partial charge in [0.2, 0.25) is 11.8 Å². The summed E-state index contributed by atoms with van der Waals surface area (Å²) < 4.78 is 5.43. The smallest absolute Gasteiger partial charge is 0.289 e. The Morgan fingerprint density at radius 3 is 2.45 bits per heavy atom. The second-order valence-corrected chi connectivity index (χ2v) is 10.1. The number of fused-ring (bicyclic) bond motifs is 1. The Hall–Kier alpha value is -2.35. The van der Waals surface area contributed by atoms with Gasteiger partial charge in [-0.15, -0.1) is 0 Å². The van der Waals surface area contributed by atoms with Crippen LogP contribution in [0.25, 0.3) is 0 Å². The van der Waals surface area contributed by atoms with Crippen LogP contribution in [-0.4, -0.2) is 65.3 Å². The molecule has 1 aliphatic heterocycles. The van der Waals surface area contributed by atoms with Crippen LogP contribution in [0.15, 0.2) is 22.8 Å². The zero-order valence-corrected chi connectivity index (χ0v) is 19.9. The number of hydrogen-bond acceptors (Lipinski definition) is 5. The Morgan fingerprint density at radius 2 is 1.82 bits per heavy atom. The molecule has 2 heterocycles. The molecule has 4 atom stereocenters. The number of hydrogen-bond donors (Lipinski definition) is 2. The normalized spacial score (nSPS) is 32.2. The molecule has 3 aliphatic rings.